The van der Waals surface area contributed by atoms with Gasteiger partial charge in [0.25, 0.3) is 5.91 Å². The Morgan fingerprint density at radius 1 is 1.22 bits per heavy atom. The maximum absolute atomic E-state index is 12.3. The highest BCUT2D eigenvalue weighted by molar-refractivity contribution is 6.00. The third kappa shape index (κ3) is 3.34. The highest BCUT2D eigenvalue weighted by atomic mass is 16.5. The minimum atomic E-state index is -0.816. The Bertz CT molecular complexity index is 724. The lowest BCUT2D eigenvalue weighted by molar-refractivity contribution is -0.125. The molecule has 0 saturated carbocycles. The van der Waals surface area contributed by atoms with E-state index in [0.717, 1.165) is 11.3 Å². The van der Waals surface area contributed by atoms with Gasteiger partial charge in [-0.15, -0.1) is 0 Å². The van der Waals surface area contributed by atoms with Crippen LogP contribution < -0.4 is 10.1 Å². The number of nitrogens with one attached hydrogen (secondary N) is 1. The normalized spacial score (nSPS) is 16.2. The van der Waals surface area contributed by atoms with Gasteiger partial charge in [0.1, 0.15) is 5.75 Å². The van der Waals surface area contributed by atoms with E-state index in [1.54, 1.807) is 36.4 Å². The fraction of sp³-hybridized carbons (Fsp3) is 0.222. The molecule has 1 aliphatic heterocycles. The summed E-state index contributed by atoms with van der Waals surface area (Å²) >= 11 is 0. The van der Waals surface area contributed by atoms with E-state index in [-0.39, 0.29) is 5.91 Å². The van der Waals surface area contributed by atoms with Crippen molar-refractivity contribution in [2.75, 3.05) is 11.9 Å². The topological polar surface area (TPSA) is 64.6 Å². The predicted molar refractivity (Wildman–Crippen MR) is 85.6 cm³/mol. The first-order valence-corrected chi connectivity index (χ1v) is 7.50. The first-order chi connectivity index (χ1) is 11.2. The van der Waals surface area contributed by atoms with Crippen LogP contribution in [0.3, 0.4) is 0 Å². The zero-order valence-corrected chi connectivity index (χ0v) is 12.7. The van der Waals surface area contributed by atoms with Crippen molar-refractivity contribution < 1.29 is 19.1 Å². The number of esters is 1. The zero-order chi connectivity index (χ0) is 16.2. The minimum absolute atomic E-state index is 0.336. The summed E-state index contributed by atoms with van der Waals surface area (Å²) in [4.78, 5) is 24.3. The van der Waals surface area contributed by atoms with Gasteiger partial charge in [-0.3, -0.25) is 4.79 Å². The average Bonchev–Trinajstić information content (AvgIpc) is 2.57. The SMILES string of the molecule is CCOc1ccc(NC(=O)[C@@H]2Cc3ccccc3C(=O)O2)cc1. The second-order valence-corrected chi connectivity index (χ2v) is 5.20. The highest BCUT2D eigenvalue weighted by Gasteiger charge is 2.30. The molecule has 23 heavy (non-hydrogen) atoms. The van der Waals surface area contributed by atoms with E-state index < -0.39 is 12.1 Å². The first kappa shape index (κ1) is 15.1. The monoisotopic (exact) mass is 311 g/mol. The molecule has 0 fully saturated rings. The standard InChI is InChI=1S/C18H17NO4/c1-2-22-14-9-7-13(8-10-14)19-17(20)16-11-12-5-3-4-6-15(12)18(21)23-16/h3-10,16H,2,11H2,1H3,(H,19,20)/t16-/m0/s1. The van der Waals surface area contributed by atoms with Gasteiger partial charge in [0.2, 0.25) is 0 Å². The van der Waals surface area contributed by atoms with Crippen LogP contribution in [0.5, 0.6) is 5.75 Å². The van der Waals surface area contributed by atoms with Crippen molar-refractivity contribution in [3.8, 4) is 5.75 Å². The molecular formula is C18H17NO4. The molecule has 1 heterocycles. The molecule has 1 N–H and O–H groups in total. The number of hydrogen-bond donors (Lipinski definition) is 1. The maximum atomic E-state index is 12.3. The fourth-order valence-electron chi connectivity index (χ4n) is 2.50. The Labute approximate surface area is 134 Å². The molecule has 5 heteroatoms. The van der Waals surface area contributed by atoms with Crippen molar-refractivity contribution >= 4 is 17.6 Å². The molecule has 0 aliphatic carbocycles. The van der Waals surface area contributed by atoms with Crippen LogP contribution in [0.2, 0.25) is 0 Å². The summed E-state index contributed by atoms with van der Waals surface area (Å²) in [6.07, 6.45) is -0.436. The van der Waals surface area contributed by atoms with Gasteiger partial charge >= 0.3 is 5.97 Å². The Kier molecular flexibility index (Phi) is 4.28. The molecular weight excluding hydrogens is 294 g/mol. The van der Waals surface area contributed by atoms with Gasteiger partial charge in [0, 0.05) is 12.1 Å². The van der Waals surface area contributed by atoms with E-state index >= 15 is 0 Å². The molecule has 1 aliphatic rings. The second kappa shape index (κ2) is 6.52. The van der Waals surface area contributed by atoms with Crippen LogP contribution in [-0.4, -0.2) is 24.6 Å². The van der Waals surface area contributed by atoms with Gasteiger partial charge in [-0.1, -0.05) is 18.2 Å². The minimum Gasteiger partial charge on any atom is -0.494 e. The zero-order valence-electron chi connectivity index (χ0n) is 12.7. The van der Waals surface area contributed by atoms with Crippen LogP contribution in [0.1, 0.15) is 22.8 Å². The van der Waals surface area contributed by atoms with E-state index in [2.05, 4.69) is 5.32 Å². The third-order valence-electron chi connectivity index (χ3n) is 3.62. The molecule has 0 radical (unpaired) electrons. The van der Waals surface area contributed by atoms with Gasteiger partial charge in [0.05, 0.1) is 12.2 Å². The highest BCUT2D eigenvalue weighted by Crippen LogP contribution is 2.22. The van der Waals surface area contributed by atoms with Gasteiger partial charge in [-0.2, -0.15) is 0 Å². The largest absolute Gasteiger partial charge is 0.494 e. The summed E-state index contributed by atoms with van der Waals surface area (Å²) in [5.41, 5.74) is 1.99. The number of hydrogen-bond acceptors (Lipinski definition) is 4. The van der Waals surface area contributed by atoms with Gasteiger partial charge in [-0.05, 0) is 42.8 Å². The molecule has 2 aromatic rings. The van der Waals surface area contributed by atoms with Crippen LogP contribution >= 0.6 is 0 Å². The Balaban J connectivity index is 1.68. The van der Waals surface area contributed by atoms with E-state index in [1.807, 2.05) is 19.1 Å². The van der Waals surface area contributed by atoms with Crippen molar-refractivity contribution in [2.24, 2.45) is 0 Å². The number of carbonyl (C=O) groups is 2. The molecule has 0 bridgehead atoms. The van der Waals surface area contributed by atoms with Crippen LogP contribution in [0.4, 0.5) is 5.69 Å². The molecule has 1 amide bonds. The summed E-state index contributed by atoms with van der Waals surface area (Å²) in [6, 6.07) is 14.2. The predicted octanol–water partition coefficient (Wildman–Crippen LogP) is 2.81. The lowest BCUT2D eigenvalue weighted by Crippen LogP contribution is -2.37. The van der Waals surface area contributed by atoms with Gasteiger partial charge in [-0.25, -0.2) is 4.79 Å². The number of ether oxygens (including phenoxy) is 2. The van der Waals surface area contributed by atoms with Crippen LogP contribution in [0.15, 0.2) is 48.5 Å². The Morgan fingerprint density at radius 2 is 1.96 bits per heavy atom. The molecule has 0 unspecified atom stereocenters. The van der Waals surface area contributed by atoms with E-state index in [0.29, 0.717) is 24.3 Å². The van der Waals surface area contributed by atoms with Crippen LogP contribution in [-0.2, 0) is 16.0 Å². The molecule has 0 saturated heterocycles. The van der Waals surface area contributed by atoms with Crippen LogP contribution in [0.25, 0.3) is 0 Å². The smallest absolute Gasteiger partial charge is 0.339 e. The van der Waals surface area contributed by atoms with Crippen molar-refractivity contribution in [1.29, 1.82) is 0 Å². The average molecular weight is 311 g/mol. The number of carbonyl (C=O) groups excluding carboxylic acids is 2. The van der Waals surface area contributed by atoms with E-state index in [4.69, 9.17) is 9.47 Å². The lowest BCUT2D eigenvalue weighted by atomic mass is 9.98. The number of fused-ring (bicyclic) bond motifs is 1. The molecule has 2 aromatic carbocycles. The number of cyclic esters (lactones) is 1. The number of amides is 1. The van der Waals surface area contributed by atoms with E-state index in [9.17, 15) is 9.59 Å². The Hall–Kier alpha value is -2.82. The maximum Gasteiger partial charge on any atom is 0.339 e. The van der Waals surface area contributed by atoms with Crippen molar-refractivity contribution in [2.45, 2.75) is 19.4 Å². The summed E-state index contributed by atoms with van der Waals surface area (Å²) in [7, 11) is 0. The summed E-state index contributed by atoms with van der Waals surface area (Å²) in [6.45, 7) is 2.49. The fourth-order valence-corrected chi connectivity index (χ4v) is 2.50. The summed E-state index contributed by atoms with van der Waals surface area (Å²) in [5.74, 6) is -0.0563. The molecule has 0 spiro atoms. The van der Waals surface area contributed by atoms with Gasteiger partial charge < -0.3 is 14.8 Å². The molecule has 118 valence electrons. The van der Waals surface area contributed by atoms with Crippen LogP contribution in [0, 0.1) is 0 Å². The van der Waals surface area contributed by atoms with Gasteiger partial charge in [0.15, 0.2) is 6.10 Å². The second-order valence-electron chi connectivity index (χ2n) is 5.20. The first-order valence-electron chi connectivity index (χ1n) is 7.50. The van der Waals surface area contributed by atoms with Crippen molar-refractivity contribution in [3.63, 3.8) is 0 Å². The third-order valence-corrected chi connectivity index (χ3v) is 3.62. The molecule has 1 atom stereocenters. The summed E-state index contributed by atoms with van der Waals surface area (Å²) < 4.78 is 10.6. The molecule has 0 aromatic heterocycles. The number of rotatable bonds is 4. The van der Waals surface area contributed by atoms with E-state index in [1.165, 1.54) is 0 Å². The quantitative estimate of drug-likeness (QED) is 0.882. The molecule has 3 rings (SSSR count). The van der Waals surface area contributed by atoms with Crippen molar-refractivity contribution in [3.05, 3.63) is 59.7 Å². The number of benzene rings is 2. The number of anilines is 1. The lowest BCUT2D eigenvalue weighted by Gasteiger charge is -2.23. The van der Waals surface area contributed by atoms with Crippen molar-refractivity contribution in [1.82, 2.24) is 0 Å². The Morgan fingerprint density at radius 3 is 2.70 bits per heavy atom. The summed E-state index contributed by atoms with van der Waals surface area (Å²) in [5, 5.41) is 2.76. The molecule has 5 nitrogen and oxygen atoms in total.